The third kappa shape index (κ3) is 3.57. The molecule has 1 aromatic carbocycles. The number of fused-ring (bicyclic) bond motifs is 1. The number of rotatable bonds is 5. The molecule has 1 N–H and O–H groups in total. The van der Waals surface area contributed by atoms with Crippen molar-refractivity contribution >= 4 is 11.8 Å². The molecule has 0 fully saturated rings. The van der Waals surface area contributed by atoms with Crippen LogP contribution >= 0.6 is 11.8 Å². The summed E-state index contributed by atoms with van der Waals surface area (Å²) < 4.78 is 11.3. The molecular weight excluding hydrogens is 258 g/mol. The number of hydrogen-bond acceptors (Lipinski definition) is 4. The molecule has 19 heavy (non-hydrogen) atoms. The van der Waals surface area contributed by atoms with Gasteiger partial charge in [0.1, 0.15) is 13.2 Å². The van der Waals surface area contributed by atoms with E-state index in [1.807, 2.05) is 0 Å². The maximum Gasteiger partial charge on any atom is 0.162 e. The Kier molecular flexibility index (Phi) is 4.99. The van der Waals surface area contributed by atoms with Gasteiger partial charge in [0.2, 0.25) is 0 Å². The van der Waals surface area contributed by atoms with Crippen LogP contribution in [0.5, 0.6) is 11.5 Å². The Labute approximate surface area is 120 Å². The van der Waals surface area contributed by atoms with Gasteiger partial charge in [0.25, 0.3) is 0 Å². The summed E-state index contributed by atoms with van der Waals surface area (Å²) >= 11 is 1.75. The summed E-state index contributed by atoms with van der Waals surface area (Å²) in [4.78, 5) is 1.26. The molecule has 0 bridgehead atoms. The van der Waals surface area contributed by atoms with Gasteiger partial charge in [-0.2, -0.15) is 0 Å². The van der Waals surface area contributed by atoms with Gasteiger partial charge >= 0.3 is 0 Å². The fourth-order valence-electron chi connectivity index (χ4n) is 1.95. The van der Waals surface area contributed by atoms with Gasteiger partial charge in [-0.15, -0.1) is 11.8 Å². The van der Waals surface area contributed by atoms with Crippen molar-refractivity contribution in [3.8, 4) is 11.5 Å². The Bertz CT molecular complexity index is 434. The van der Waals surface area contributed by atoms with Crippen LogP contribution in [0, 0.1) is 5.92 Å². The quantitative estimate of drug-likeness (QED) is 0.839. The molecule has 1 heterocycles. The minimum absolute atomic E-state index is 0.503. The van der Waals surface area contributed by atoms with Crippen LogP contribution in [0.1, 0.15) is 26.3 Å². The van der Waals surface area contributed by atoms with Crippen molar-refractivity contribution < 1.29 is 9.47 Å². The second kappa shape index (κ2) is 6.53. The minimum atomic E-state index is 0.503. The van der Waals surface area contributed by atoms with Crippen LogP contribution in [0.4, 0.5) is 0 Å². The summed E-state index contributed by atoms with van der Waals surface area (Å²) in [5.41, 5.74) is 1.28. The van der Waals surface area contributed by atoms with E-state index in [0.717, 1.165) is 18.0 Å². The van der Waals surface area contributed by atoms with E-state index in [0.29, 0.717) is 25.2 Å². The molecule has 0 amide bonds. The van der Waals surface area contributed by atoms with Crippen molar-refractivity contribution in [3.05, 3.63) is 17.7 Å². The Morgan fingerprint density at radius 2 is 1.79 bits per heavy atom. The second-order valence-electron chi connectivity index (χ2n) is 5.22. The van der Waals surface area contributed by atoms with Crippen LogP contribution in [0.2, 0.25) is 0 Å². The maximum absolute atomic E-state index is 5.66. The molecule has 0 radical (unpaired) electrons. The topological polar surface area (TPSA) is 30.5 Å². The second-order valence-corrected chi connectivity index (χ2v) is 6.07. The van der Waals surface area contributed by atoms with Crippen LogP contribution in [-0.2, 0) is 6.54 Å². The van der Waals surface area contributed by atoms with Gasteiger partial charge in [0, 0.05) is 17.5 Å². The summed E-state index contributed by atoms with van der Waals surface area (Å²) in [6, 6.07) is 4.71. The number of nitrogens with one attached hydrogen (secondary N) is 1. The molecule has 1 aliphatic heterocycles. The first-order chi connectivity index (χ1) is 9.11. The fraction of sp³-hybridized carbons (Fsp3) is 0.600. The zero-order valence-electron chi connectivity index (χ0n) is 12.2. The molecule has 4 heteroatoms. The fourth-order valence-corrected chi connectivity index (χ4v) is 2.57. The zero-order valence-corrected chi connectivity index (χ0v) is 13.0. The molecule has 3 nitrogen and oxygen atoms in total. The van der Waals surface area contributed by atoms with Crippen LogP contribution in [-0.4, -0.2) is 25.5 Å². The summed E-state index contributed by atoms with van der Waals surface area (Å²) in [5.74, 6) is 2.38. The van der Waals surface area contributed by atoms with E-state index in [-0.39, 0.29) is 0 Å². The molecular formula is C15H23NO2S. The predicted octanol–water partition coefficient (Wildman–Crippen LogP) is 3.31. The predicted molar refractivity (Wildman–Crippen MR) is 80.4 cm³/mol. The Morgan fingerprint density at radius 1 is 1.16 bits per heavy atom. The van der Waals surface area contributed by atoms with Gasteiger partial charge in [0.15, 0.2) is 11.5 Å². The average Bonchev–Trinajstić information content (AvgIpc) is 2.43. The van der Waals surface area contributed by atoms with Crippen LogP contribution in [0.15, 0.2) is 17.0 Å². The average molecular weight is 281 g/mol. The van der Waals surface area contributed by atoms with Crippen molar-refractivity contribution in [2.75, 3.05) is 19.5 Å². The van der Waals surface area contributed by atoms with Crippen LogP contribution < -0.4 is 14.8 Å². The standard InChI is InChI=1S/C15H23NO2S/c1-10(2)11(3)16-9-12-7-13-14(8-15(12)19-4)18-6-5-17-13/h7-8,10-11,16H,5-6,9H2,1-4H3. The number of thioether (sulfide) groups is 1. The van der Waals surface area contributed by atoms with E-state index >= 15 is 0 Å². The third-order valence-corrected chi connectivity index (χ3v) is 4.38. The van der Waals surface area contributed by atoms with E-state index in [2.05, 4.69) is 44.5 Å². The van der Waals surface area contributed by atoms with Gasteiger partial charge in [0.05, 0.1) is 0 Å². The molecule has 0 aromatic heterocycles. The largest absolute Gasteiger partial charge is 0.486 e. The van der Waals surface area contributed by atoms with E-state index in [1.54, 1.807) is 11.8 Å². The first-order valence-corrected chi connectivity index (χ1v) is 8.04. The van der Waals surface area contributed by atoms with E-state index < -0.39 is 0 Å². The molecule has 1 unspecified atom stereocenters. The summed E-state index contributed by atoms with van der Waals surface area (Å²) in [6.07, 6.45) is 2.10. The smallest absolute Gasteiger partial charge is 0.162 e. The Morgan fingerprint density at radius 3 is 2.37 bits per heavy atom. The molecule has 0 aliphatic carbocycles. The minimum Gasteiger partial charge on any atom is -0.486 e. The van der Waals surface area contributed by atoms with Gasteiger partial charge < -0.3 is 14.8 Å². The normalized spacial score (nSPS) is 15.6. The molecule has 0 saturated heterocycles. The first kappa shape index (κ1) is 14.5. The molecule has 106 valence electrons. The summed E-state index contributed by atoms with van der Waals surface area (Å²) in [5, 5.41) is 3.57. The molecule has 1 aliphatic rings. The number of ether oxygens (including phenoxy) is 2. The van der Waals surface area contributed by atoms with Crippen molar-refractivity contribution in [3.63, 3.8) is 0 Å². The van der Waals surface area contributed by atoms with Crippen molar-refractivity contribution in [1.82, 2.24) is 5.32 Å². The number of hydrogen-bond donors (Lipinski definition) is 1. The van der Waals surface area contributed by atoms with Gasteiger partial charge in [-0.3, -0.25) is 0 Å². The van der Waals surface area contributed by atoms with E-state index in [4.69, 9.17) is 9.47 Å². The highest BCUT2D eigenvalue weighted by Gasteiger charge is 2.16. The first-order valence-electron chi connectivity index (χ1n) is 6.81. The zero-order chi connectivity index (χ0) is 13.8. The highest BCUT2D eigenvalue weighted by atomic mass is 32.2. The third-order valence-electron chi connectivity index (χ3n) is 3.56. The highest BCUT2D eigenvalue weighted by molar-refractivity contribution is 7.98. The lowest BCUT2D eigenvalue weighted by atomic mass is 10.1. The highest BCUT2D eigenvalue weighted by Crippen LogP contribution is 2.36. The van der Waals surface area contributed by atoms with Gasteiger partial charge in [-0.25, -0.2) is 0 Å². The van der Waals surface area contributed by atoms with Crippen molar-refractivity contribution in [2.24, 2.45) is 5.92 Å². The van der Waals surface area contributed by atoms with Gasteiger partial charge in [-0.1, -0.05) is 13.8 Å². The van der Waals surface area contributed by atoms with Crippen molar-refractivity contribution in [1.29, 1.82) is 0 Å². The Balaban J connectivity index is 2.14. The van der Waals surface area contributed by atoms with Gasteiger partial charge in [-0.05, 0) is 36.8 Å². The lowest BCUT2D eigenvalue weighted by molar-refractivity contribution is 0.171. The molecule has 1 atom stereocenters. The molecule has 1 aromatic rings. The Hall–Kier alpha value is -0.870. The molecule has 0 saturated carbocycles. The van der Waals surface area contributed by atoms with E-state index in [1.165, 1.54) is 10.5 Å². The lowest BCUT2D eigenvalue weighted by Gasteiger charge is -2.22. The van der Waals surface area contributed by atoms with Crippen LogP contribution in [0.25, 0.3) is 0 Å². The summed E-state index contributed by atoms with van der Waals surface area (Å²) in [6.45, 7) is 8.84. The molecule has 2 rings (SSSR count). The van der Waals surface area contributed by atoms with E-state index in [9.17, 15) is 0 Å². The monoisotopic (exact) mass is 281 g/mol. The summed E-state index contributed by atoms with van der Waals surface area (Å²) in [7, 11) is 0. The number of benzene rings is 1. The SMILES string of the molecule is CSc1cc2c(cc1CNC(C)C(C)C)OCCO2. The van der Waals surface area contributed by atoms with Crippen LogP contribution in [0.3, 0.4) is 0 Å². The lowest BCUT2D eigenvalue weighted by Crippen LogP contribution is -2.30. The van der Waals surface area contributed by atoms with Crippen molar-refractivity contribution in [2.45, 2.75) is 38.3 Å². The molecule has 0 spiro atoms. The maximum atomic E-state index is 5.66.